The van der Waals surface area contributed by atoms with Crippen molar-refractivity contribution in [1.82, 2.24) is 3.97 Å². The summed E-state index contributed by atoms with van der Waals surface area (Å²) in [5.74, 6) is -0.537. The number of nitrogens with two attached hydrogens (primary N) is 1. The van der Waals surface area contributed by atoms with Crippen LogP contribution in [0.25, 0.3) is 10.9 Å². The molecule has 2 aromatic carbocycles. The Morgan fingerprint density at radius 1 is 1.15 bits per heavy atom. The molecule has 1 amide bonds. The van der Waals surface area contributed by atoms with Crippen molar-refractivity contribution in [3.8, 4) is 0 Å². The summed E-state index contributed by atoms with van der Waals surface area (Å²) >= 11 is 6.06. The third-order valence-corrected chi connectivity index (χ3v) is 6.09. The quantitative estimate of drug-likeness (QED) is 0.654. The molecule has 1 aromatic heterocycles. The van der Waals surface area contributed by atoms with Crippen molar-refractivity contribution >= 4 is 44.7 Å². The molecule has 0 bridgehead atoms. The third kappa shape index (κ3) is 3.23. The Morgan fingerprint density at radius 3 is 2.46 bits per heavy atom. The number of fused-ring (bicyclic) bond motifs is 1. The van der Waals surface area contributed by atoms with Crippen molar-refractivity contribution in [3.05, 3.63) is 64.8 Å². The van der Waals surface area contributed by atoms with Crippen LogP contribution in [0.4, 0.5) is 0 Å². The summed E-state index contributed by atoms with van der Waals surface area (Å²) in [5, 5.41) is 0.780. The molecular weight excluding hydrogens is 376 g/mol. The minimum Gasteiger partial charge on any atom is -0.370 e. The molecule has 3 aromatic rings. The highest BCUT2D eigenvalue weighted by atomic mass is 35.5. The van der Waals surface area contributed by atoms with Crippen LogP contribution in [0.5, 0.6) is 0 Å². The lowest BCUT2D eigenvalue weighted by molar-refractivity contribution is -0.118. The van der Waals surface area contributed by atoms with E-state index in [9.17, 15) is 18.0 Å². The normalized spacial score (nSPS) is 11.6. The van der Waals surface area contributed by atoms with Crippen molar-refractivity contribution in [3.63, 3.8) is 0 Å². The first kappa shape index (κ1) is 18.2. The average molecular weight is 391 g/mol. The van der Waals surface area contributed by atoms with E-state index >= 15 is 0 Å². The Morgan fingerprint density at radius 2 is 1.85 bits per heavy atom. The molecular formula is C18H15ClN2O4S. The number of hydrogen-bond acceptors (Lipinski definition) is 4. The van der Waals surface area contributed by atoms with Crippen LogP contribution in [0.1, 0.15) is 22.5 Å². The van der Waals surface area contributed by atoms with Gasteiger partial charge in [-0.15, -0.1) is 0 Å². The Labute approximate surface area is 155 Å². The molecule has 0 aliphatic carbocycles. The molecule has 0 saturated heterocycles. The van der Waals surface area contributed by atoms with Crippen LogP contribution in [0.2, 0.25) is 5.02 Å². The summed E-state index contributed by atoms with van der Waals surface area (Å²) in [7, 11) is -3.93. The highest BCUT2D eigenvalue weighted by Crippen LogP contribution is 2.30. The van der Waals surface area contributed by atoms with Crippen molar-refractivity contribution in [2.45, 2.75) is 17.7 Å². The van der Waals surface area contributed by atoms with E-state index in [0.29, 0.717) is 22.9 Å². The predicted octanol–water partition coefficient (Wildman–Crippen LogP) is 2.76. The summed E-state index contributed by atoms with van der Waals surface area (Å²) in [5.41, 5.74) is 6.10. The highest BCUT2D eigenvalue weighted by Gasteiger charge is 2.23. The lowest BCUT2D eigenvalue weighted by Crippen LogP contribution is -2.18. The van der Waals surface area contributed by atoms with Gasteiger partial charge in [-0.2, -0.15) is 0 Å². The second-order valence-corrected chi connectivity index (χ2v) is 7.93. The number of carbonyl (C=O) groups is 2. The number of amides is 1. The molecule has 134 valence electrons. The van der Waals surface area contributed by atoms with Crippen LogP contribution in [0, 0.1) is 0 Å². The number of rotatable bonds is 6. The van der Waals surface area contributed by atoms with Crippen LogP contribution in [0.15, 0.2) is 53.4 Å². The maximum absolute atomic E-state index is 13.2. The standard InChI is InChI=1S/C18H15ClN2O4S/c19-16-9-12-8-14(6-7-18(20)23)21(17(12)10-13(16)11-22)26(24,25)15-4-2-1-3-5-15/h1-5,8-11H,6-7H2,(H2,20,23). The van der Waals surface area contributed by atoms with Crippen molar-refractivity contribution in [1.29, 1.82) is 0 Å². The van der Waals surface area contributed by atoms with Gasteiger partial charge in [-0.3, -0.25) is 9.59 Å². The molecule has 0 radical (unpaired) electrons. The summed E-state index contributed by atoms with van der Waals surface area (Å²) in [6, 6.07) is 12.5. The van der Waals surface area contributed by atoms with E-state index in [1.807, 2.05) is 0 Å². The van der Waals surface area contributed by atoms with Gasteiger partial charge in [0.2, 0.25) is 5.91 Å². The summed E-state index contributed by atoms with van der Waals surface area (Å²) < 4.78 is 27.5. The van der Waals surface area contributed by atoms with E-state index in [1.54, 1.807) is 24.3 Å². The van der Waals surface area contributed by atoms with Gasteiger partial charge in [0.05, 0.1) is 15.4 Å². The van der Waals surface area contributed by atoms with Crippen LogP contribution in [0.3, 0.4) is 0 Å². The summed E-state index contributed by atoms with van der Waals surface area (Å²) in [6.45, 7) is 0. The number of aromatic nitrogens is 1. The lowest BCUT2D eigenvalue weighted by atomic mass is 10.1. The number of primary amides is 1. The summed E-state index contributed by atoms with van der Waals surface area (Å²) in [4.78, 5) is 22.5. The second kappa shape index (κ2) is 6.93. The number of halogens is 1. The first-order valence-electron chi connectivity index (χ1n) is 7.72. The molecule has 0 saturated carbocycles. The largest absolute Gasteiger partial charge is 0.370 e. The Bertz CT molecular complexity index is 1110. The second-order valence-electron chi connectivity index (χ2n) is 5.73. The SMILES string of the molecule is NC(=O)CCc1cc2cc(Cl)c(C=O)cc2n1S(=O)(=O)c1ccccc1. The van der Waals surface area contributed by atoms with Gasteiger partial charge in [0, 0.05) is 23.1 Å². The predicted molar refractivity (Wildman–Crippen MR) is 98.9 cm³/mol. The first-order chi connectivity index (χ1) is 12.3. The molecule has 8 heteroatoms. The monoisotopic (exact) mass is 390 g/mol. The Kier molecular flexibility index (Phi) is 4.84. The van der Waals surface area contributed by atoms with E-state index in [1.165, 1.54) is 24.3 Å². The van der Waals surface area contributed by atoms with Crippen LogP contribution in [-0.4, -0.2) is 24.6 Å². The zero-order valence-corrected chi connectivity index (χ0v) is 15.1. The molecule has 0 fully saturated rings. The fourth-order valence-electron chi connectivity index (χ4n) is 2.77. The van der Waals surface area contributed by atoms with E-state index in [2.05, 4.69) is 0 Å². The number of aryl methyl sites for hydroxylation is 1. The first-order valence-corrected chi connectivity index (χ1v) is 9.54. The van der Waals surface area contributed by atoms with Gasteiger partial charge in [0.25, 0.3) is 10.0 Å². The highest BCUT2D eigenvalue weighted by molar-refractivity contribution is 7.90. The van der Waals surface area contributed by atoms with Crippen molar-refractivity contribution in [2.24, 2.45) is 5.73 Å². The van der Waals surface area contributed by atoms with Gasteiger partial charge in [0.1, 0.15) is 0 Å². The van der Waals surface area contributed by atoms with Gasteiger partial charge in [0.15, 0.2) is 6.29 Å². The molecule has 0 unspecified atom stereocenters. The smallest absolute Gasteiger partial charge is 0.268 e. The Balaban J connectivity index is 2.31. The minimum absolute atomic E-state index is 0.00506. The number of carbonyl (C=O) groups excluding carboxylic acids is 2. The molecule has 0 aliphatic heterocycles. The van der Waals surface area contributed by atoms with Crippen LogP contribution in [-0.2, 0) is 21.2 Å². The van der Waals surface area contributed by atoms with Gasteiger partial charge < -0.3 is 5.73 Å². The molecule has 3 rings (SSSR count). The van der Waals surface area contributed by atoms with E-state index in [0.717, 1.165) is 3.97 Å². The number of nitrogens with zero attached hydrogens (tertiary/aromatic N) is 1. The molecule has 2 N–H and O–H groups in total. The zero-order valence-electron chi connectivity index (χ0n) is 13.6. The third-order valence-electron chi connectivity index (χ3n) is 3.98. The molecule has 0 spiro atoms. The molecule has 26 heavy (non-hydrogen) atoms. The molecule has 0 atom stereocenters. The maximum atomic E-state index is 13.2. The van der Waals surface area contributed by atoms with E-state index in [4.69, 9.17) is 17.3 Å². The van der Waals surface area contributed by atoms with Gasteiger partial charge in [-0.1, -0.05) is 29.8 Å². The van der Waals surface area contributed by atoms with Crippen LogP contribution >= 0.6 is 11.6 Å². The van der Waals surface area contributed by atoms with Crippen molar-refractivity contribution in [2.75, 3.05) is 0 Å². The fraction of sp³-hybridized carbons (Fsp3) is 0.111. The average Bonchev–Trinajstić information content (AvgIpc) is 2.97. The van der Waals surface area contributed by atoms with Gasteiger partial charge in [-0.05, 0) is 36.8 Å². The lowest BCUT2D eigenvalue weighted by Gasteiger charge is -2.12. The Hall–Kier alpha value is -2.64. The minimum atomic E-state index is -3.93. The topological polar surface area (TPSA) is 99.2 Å². The van der Waals surface area contributed by atoms with Gasteiger partial charge >= 0.3 is 0 Å². The maximum Gasteiger partial charge on any atom is 0.268 e. The fourth-order valence-corrected chi connectivity index (χ4v) is 4.57. The summed E-state index contributed by atoms with van der Waals surface area (Å²) in [6.07, 6.45) is 0.705. The molecule has 1 heterocycles. The number of benzene rings is 2. The number of aldehydes is 1. The van der Waals surface area contributed by atoms with Gasteiger partial charge in [-0.25, -0.2) is 12.4 Å². The van der Waals surface area contributed by atoms with Crippen LogP contribution < -0.4 is 5.73 Å². The van der Waals surface area contributed by atoms with E-state index < -0.39 is 15.9 Å². The molecule has 0 aliphatic rings. The number of hydrogen-bond donors (Lipinski definition) is 1. The zero-order chi connectivity index (χ0) is 18.9. The van der Waals surface area contributed by atoms with E-state index in [-0.39, 0.29) is 28.3 Å². The molecule has 6 nitrogen and oxygen atoms in total. The van der Waals surface area contributed by atoms with Crippen molar-refractivity contribution < 1.29 is 18.0 Å².